The van der Waals surface area contributed by atoms with E-state index in [1.807, 2.05) is 12.1 Å². The zero-order chi connectivity index (χ0) is 12.5. The van der Waals surface area contributed by atoms with E-state index < -0.39 is 0 Å². The van der Waals surface area contributed by atoms with Crippen molar-refractivity contribution in [3.05, 3.63) is 29.8 Å². The quantitative estimate of drug-likeness (QED) is 0.699. The van der Waals surface area contributed by atoms with Crippen LogP contribution < -0.4 is 5.73 Å². The minimum atomic E-state index is 0.876. The molecule has 0 heterocycles. The zero-order valence-electron chi connectivity index (χ0n) is 11.3. The Morgan fingerprint density at radius 2 is 1.88 bits per heavy atom. The average molecular weight is 234 g/mol. The van der Waals surface area contributed by atoms with Gasteiger partial charge in [0.25, 0.3) is 0 Å². The Morgan fingerprint density at radius 3 is 2.53 bits per heavy atom. The van der Waals surface area contributed by atoms with Crippen molar-refractivity contribution in [1.82, 2.24) is 4.90 Å². The summed E-state index contributed by atoms with van der Waals surface area (Å²) in [6.07, 6.45) is 4.95. The Balaban J connectivity index is 2.26. The van der Waals surface area contributed by atoms with Gasteiger partial charge in [-0.2, -0.15) is 0 Å². The highest BCUT2D eigenvalue weighted by Gasteiger charge is 2.01. The van der Waals surface area contributed by atoms with Crippen molar-refractivity contribution >= 4 is 5.69 Å². The minimum Gasteiger partial charge on any atom is -0.399 e. The lowest BCUT2D eigenvalue weighted by atomic mass is 10.1. The maximum absolute atomic E-state index is 5.77. The molecule has 0 amide bonds. The normalized spacial score (nSPS) is 11.0. The van der Waals surface area contributed by atoms with Crippen LogP contribution in [0, 0.1) is 0 Å². The van der Waals surface area contributed by atoms with Crippen molar-refractivity contribution in [2.45, 2.75) is 39.5 Å². The smallest absolute Gasteiger partial charge is 0.0316 e. The summed E-state index contributed by atoms with van der Waals surface area (Å²) in [5.74, 6) is 0. The lowest BCUT2D eigenvalue weighted by molar-refractivity contribution is 0.280. The summed E-state index contributed by atoms with van der Waals surface area (Å²) in [5.41, 5.74) is 8.01. The zero-order valence-corrected chi connectivity index (χ0v) is 11.3. The van der Waals surface area contributed by atoms with Crippen molar-refractivity contribution in [3.63, 3.8) is 0 Å². The molecular formula is C15H26N2. The van der Waals surface area contributed by atoms with Gasteiger partial charge in [-0.3, -0.25) is 0 Å². The predicted octanol–water partition coefficient (Wildman–Crippen LogP) is 3.32. The molecule has 0 aliphatic carbocycles. The van der Waals surface area contributed by atoms with Gasteiger partial charge >= 0.3 is 0 Å². The van der Waals surface area contributed by atoms with Gasteiger partial charge in [-0.05, 0) is 56.6 Å². The van der Waals surface area contributed by atoms with Crippen LogP contribution in [0.25, 0.3) is 0 Å². The molecule has 0 atom stereocenters. The first-order valence-electron chi connectivity index (χ1n) is 6.83. The second kappa shape index (κ2) is 8.13. The van der Waals surface area contributed by atoms with Gasteiger partial charge in [0.1, 0.15) is 0 Å². The number of benzene rings is 1. The molecule has 0 radical (unpaired) electrons. The van der Waals surface area contributed by atoms with Crippen LogP contribution in [0.4, 0.5) is 5.69 Å². The molecule has 17 heavy (non-hydrogen) atoms. The van der Waals surface area contributed by atoms with Crippen LogP contribution >= 0.6 is 0 Å². The van der Waals surface area contributed by atoms with Crippen LogP contribution in [-0.2, 0) is 6.42 Å². The number of hydrogen-bond acceptors (Lipinski definition) is 2. The van der Waals surface area contributed by atoms with Crippen molar-refractivity contribution in [3.8, 4) is 0 Å². The number of hydrogen-bond donors (Lipinski definition) is 1. The molecule has 0 saturated carbocycles. The number of unbranched alkanes of at least 4 members (excludes halogenated alkanes) is 1. The van der Waals surface area contributed by atoms with E-state index in [0.717, 1.165) is 18.7 Å². The molecular weight excluding hydrogens is 208 g/mol. The lowest BCUT2D eigenvalue weighted by Gasteiger charge is -2.19. The van der Waals surface area contributed by atoms with Crippen LogP contribution in [0.2, 0.25) is 0 Å². The highest BCUT2D eigenvalue weighted by molar-refractivity contribution is 5.40. The van der Waals surface area contributed by atoms with Crippen LogP contribution in [0.3, 0.4) is 0 Å². The largest absolute Gasteiger partial charge is 0.399 e. The Morgan fingerprint density at radius 1 is 1.12 bits per heavy atom. The second-order valence-corrected chi connectivity index (χ2v) is 4.64. The molecule has 0 bridgehead atoms. The maximum Gasteiger partial charge on any atom is 0.0316 e. The predicted molar refractivity (Wildman–Crippen MR) is 76.2 cm³/mol. The molecule has 0 saturated heterocycles. The number of aryl methyl sites for hydroxylation is 1. The summed E-state index contributed by atoms with van der Waals surface area (Å²) in [5, 5.41) is 0. The molecule has 0 spiro atoms. The van der Waals surface area contributed by atoms with E-state index >= 15 is 0 Å². The third-order valence-electron chi connectivity index (χ3n) is 3.17. The van der Waals surface area contributed by atoms with Gasteiger partial charge < -0.3 is 10.6 Å². The van der Waals surface area contributed by atoms with Gasteiger partial charge in [0, 0.05) is 5.69 Å². The number of nitrogens with zero attached hydrogens (tertiary/aromatic N) is 1. The van der Waals surface area contributed by atoms with Crippen LogP contribution in [-0.4, -0.2) is 24.5 Å². The highest BCUT2D eigenvalue weighted by Crippen LogP contribution is 2.09. The topological polar surface area (TPSA) is 29.3 Å². The minimum absolute atomic E-state index is 0.876. The molecule has 1 rings (SSSR count). The van der Waals surface area contributed by atoms with Crippen molar-refractivity contribution in [2.75, 3.05) is 25.4 Å². The van der Waals surface area contributed by atoms with Crippen molar-refractivity contribution in [2.24, 2.45) is 0 Å². The van der Waals surface area contributed by atoms with Gasteiger partial charge in [-0.25, -0.2) is 0 Å². The summed E-state index contributed by atoms with van der Waals surface area (Å²) in [6.45, 7) is 8.10. The fraction of sp³-hybridized carbons (Fsp3) is 0.600. The van der Waals surface area contributed by atoms with E-state index in [1.54, 1.807) is 0 Å². The van der Waals surface area contributed by atoms with Gasteiger partial charge in [0.15, 0.2) is 0 Å². The Kier molecular flexibility index (Phi) is 6.71. The van der Waals surface area contributed by atoms with Crippen LogP contribution in [0.15, 0.2) is 24.3 Å². The van der Waals surface area contributed by atoms with Gasteiger partial charge in [-0.1, -0.05) is 32.4 Å². The number of anilines is 1. The third kappa shape index (κ3) is 5.73. The fourth-order valence-corrected chi connectivity index (χ4v) is 2.07. The molecule has 0 aliphatic heterocycles. The molecule has 0 aliphatic rings. The van der Waals surface area contributed by atoms with E-state index in [-0.39, 0.29) is 0 Å². The Labute approximate surface area is 106 Å². The number of rotatable bonds is 8. The van der Waals surface area contributed by atoms with Gasteiger partial charge in [0.05, 0.1) is 0 Å². The molecule has 1 aromatic carbocycles. The van der Waals surface area contributed by atoms with Crippen LogP contribution in [0.1, 0.15) is 38.7 Å². The van der Waals surface area contributed by atoms with E-state index in [2.05, 4.69) is 30.9 Å². The van der Waals surface area contributed by atoms with E-state index in [1.165, 1.54) is 37.9 Å². The first-order valence-corrected chi connectivity index (χ1v) is 6.83. The summed E-state index contributed by atoms with van der Waals surface area (Å²) < 4.78 is 0. The Bertz CT molecular complexity index is 310. The maximum atomic E-state index is 5.77. The summed E-state index contributed by atoms with van der Waals surface area (Å²) in [4.78, 5) is 2.54. The molecule has 2 N–H and O–H groups in total. The third-order valence-corrected chi connectivity index (χ3v) is 3.17. The Hall–Kier alpha value is -1.02. The average Bonchev–Trinajstić information content (AvgIpc) is 2.33. The second-order valence-electron chi connectivity index (χ2n) is 4.64. The molecule has 0 unspecified atom stereocenters. The summed E-state index contributed by atoms with van der Waals surface area (Å²) in [6, 6.07) is 8.24. The summed E-state index contributed by atoms with van der Waals surface area (Å²) in [7, 11) is 0. The van der Waals surface area contributed by atoms with E-state index in [9.17, 15) is 0 Å². The monoisotopic (exact) mass is 234 g/mol. The van der Waals surface area contributed by atoms with E-state index in [0.29, 0.717) is 0 Å². The number of nitrogens with two attached hydrogens (primary N) is 1. The molecule has 0 fully saturated rings. The first-order chi connectivity index (χ1) is 8.26. The van der Waals surface area contributed by atoms with E-state index in [4.69, 9.17) is 5.73 Å². The summed E-state index contributed by atoms with van der Waals surface area (Å²) >= 11 is 0. The standard InChI is InChI=1S/C15H26N2/c1-3-5-11-17(4-2)12-7-9-14-8-6-10-15(16)13-14/h6,8,10,13H,3-5,7,9,11-12,16H2,1-2H3. The molecule has 2 heteroatoms. The molecule has 1 aromatic rings. The van der Waals surface area contributed by atoms with Crippen molar-refractivity contribution < 1.29 is 0 Å². The SMILES string of the molecule is CCCCN(CC)CCCc1cccc(N)c1. The van der Waals surface area contributed by atoms with Crippen LogP contribution in [0.5, 0.6) is 0 Å². The molecule has 0 aromatic heterocycles. The van der Waals surface area contributed by atoms with Gasteiger partial charge in [-0.15, -0.1) is 0 Å². The fourth-order valence-electron chi connectivity index (χ4n) is 2.07. The molecule has 96 valence electrons. The lowest BCUT2D eigenvalue weighted by Crippen LogP contribution is -2.25. The van der Waals surface area contributed by atoms with Crippen molar-refractivity contribution in [1.29, 1.82) is 0 Å². The molecule has 2 nitrogen and oxygen atoms in total. The first kappa shape index (κ1) is 14.0. The van der Waals surface area contributed by atoms with Gasteiger partial charge in [0.2, 0.25) is 0 Å². The highest BCUT2D eigenvalue weighted by atomic mass is 15.1. The number of nitrogen functional groups attached to an aromatic ring is 1.